The second-order valence-corrected chi connectivity index (χ2v) is 3.88. The summed E-state index contributed by atoms with van der Waals surface area (Å²) in [5.41, 5.74) is 0.895. The van der Waals surface area contributed by atoms with Crippen molar-refractivity contribution in [1.82, 2.24) is 4.98 Å². The molecule has 1 aromatic carbocycles. The van der Waals surface area contributed by atoms with Crippen LogP contribution in [0.15, 0.2) is 42.6 Å². The van der Waals surface area contributed by atoms with Gasteiger partial charge in [0.25, 0.3) is 0 Å². The Kier molecular flexibility index (Phi) is 3.74. The number of nitro groups is 1. The fourth-order valence-corrected chi connectivity index (χ4v) is 1.60. The summed E-state index contributed by atoms with van der Waals surface area (Å²) in [6, 6.07) is 10.8. The largest absolute Gasteiger partial charge is 0.480 e. The van der Waals surface area contributed by atoms with Gasteiger partial charge >= 0.3 is 5.82 Å². The predicted octanol–water partition coefficient (Wildman–Crippen LogP) is 3.22. The van der Waals surface area contributed by atoms with Crippen LogP contribution >= 0.6 is 11.6 Å². The van der Waals surface area contributed by atoms with Crippen LogP contribution in [0, 0.1) is 10.1 Å². The summed E-state index contributed by atoms with van der Waals surface area (Å²) in [5.74, 6) is -0.383. The van der Waals surface area contributed by atoms with Crippen LogP contribution in [0.4, 0.5) is 5.82 Å². The molecular weight excluding hydrogens is 256 g/mol. The van der Waals surface area contributed by atoms with Crippen molar-refractivity contribution in [3.05, 3.63) is 63.3 Å². The lowest BCUT2D eigenvalue weighted by Gasteiger charge is -2.07. The van der Waals surface area contributed by atoms with Crippen LogP contribution in [-0.4, -0.2) is 9.91 Å². The van der Waals surface area contributed by atoms with Crippen molar-refractivity contribution in [2.75, 3.05) is 0 Å². The number of ether oxygens (including phenoxy) is 1. The van der Waals surface area contributed by atoms with Gasteiger partial charge in [0, 0.05) is 6.07 Å². The van der Waals surface area contributed by atoms with E-state index in [1.807, 2.05) is 30.3 Å². The molecule has 1 heterocycles. The Morgan fingerprint density at radius 1 is 1.28 bits per heavy atom. The first-order valence-corrected chi connectivity index (χ1v) is 5.52. The molecule has 92 valence electrons. The maximum Gasteiger partial charge on any atom is 0.407 e. The molecule has 6 heteroatoms. The Morgan fingerprint density at radius 3 is 2.67 bits per heavy atom. The fraction of sp³-hybridized carbons (Fsp3) is 0.0833. The molecule has 0 radical (unpaired) electrons. The van der Waals surface area contributed by atoms with Crippen LogP contribution in [0.25, 0.3) is 0 Å². The predicted molar refractivity (Wildman–Crippen MR) is 66.7 cm³/mol. The highest BCUT2D eigenvalue weighted by atomic mass is 35.5. The van der Waals surface area contributed by atoms with Crippen LogP contribution in [0.5, 0.6) is 5.75 Å². The number of benzene rings is 1. The molecule has 0 atom stereocenters. The van der Waals surface area contributed by atoms with Crippen molar-refractivity contribution in [3.63, 3.8) is 0 Å². The van der Waals surface area contributed by atoms with E-state index < -0.39 is 4.92 Å². The highest BCUT2D eigenvalue weighted by Gasteiger charge is 2.20. The Balaban J connectivity index is 2.21. The van der Waals surface area contributed by atoms with Gasteiger partial charge in [-0.05, 0) is 15.5 Å². The maximum absolute atomic E-state index is 10.8. The third-order valence-corrected chi connectivity index (χ3v) is 2.53. The molecule has 0 aliphatic heterocycles. The molecule has 0 bridgehead atoms. The Morgan fingerprint density at radius 2 is 2.00 bits per heavy atom. The Hall–Kier alpha value is -2.14. The lowest BCUT2D eigenvalue weighted by atomic mass is 10.2. The van der Waals surface area contributed by atoms with E-state index in [9.17, 15) is 10.1 Å². The van der Waals surface area contributed by atoms with E-state index in [2.05, 4.69) is 4.98 Å². The summed E-state index contributed by atoms with van der Waals surface area (Å²) in [7, 11) is 0. The fourth-order valence-electron chi connectivity index (χ4n) is 1.41. The van der Waals surface area contributed by atoms with Gasteiger partial charge in [0.2, 0.25) is 5.75 Å². The molecule has 0 aliphatic rings. The van der Waals surface area contributed by atoms with Crippen molar-refractivity contribution >= 4 is 17.4 Å². The van der Waals surface area contributed by atoms with Crippen LogP contribution < -0.4 is 4.74 Å². The lowest BCUT2D eigenvalue weighted by molar-refractivity contribution is -0.390. The van der Waals surface area contributed by atoms with E-state index in [4.69, 9.17) is 16.3 Å². The number of aromatic nitrogens is 1. The molecule has 0 fully saturated rings. The molecule has 2 aromatic rings. The summed E-state index contributed by atoms with van der Waals surface area (Å²) in [6.07, 6.45) is 1.27. The van der Waals surface area contributed by atoms with Gasteiger partial charge in [0.15, 0.2) is 0 Å². The average molecular weight is 265 g/mol. The SMILES string of the molecule is O=[N+]([O-])c1nccc(Cl)c1OCc1ccccc1. The third kappa shape index (κ3) is 2.75. The van der Waals surface area contributed by atoms with Gasteiger partial charge in [-0.25, -0.2) is 0 Å². The zero-order valence-electron chi connectivity index (χ0n) is 9.25. The van der Waals surface area contributed by atoms with Crippen molar-refractivity contribution in [1.29, 1.82) is 0 Å². The number of pyridine rings is 1. The molecule has 0 saturated carbocycles. The molecule has 18 heavy (non-hydrogen) atoms. The highest BCUT2D eigenvalue weighted by Crippen LogP contribution is 2.32. The molecule has 2 rings (SSSR count). The van der Waals surface area contributed by atoms with Crippen LogP contribution in [0.2, 0.25) is 5.02 Å². The van der Waals surface area contributed by atoms with Gasteiger partial charge in [-0.3, -0.25) is 0 Å². The number of hydrogen-bond acceptors (Lipinski definition) is 4. The van der Waals surface area contributed by atoms with Gasteiger partial charge in [0.05, 0.1) is 5.02 Å². The monoisotopic (exact) mass is 264 g/mol. The Labute approximate surface area is 108 Å². The topological polar surface area (TPSA) is 65.3 Å². The van der Waals surface area contributed by atoms with Crippen molar-refractivity contribution in [2.24, 2.45) is 0 Å². The van der Waals surface area contributed by atoms with Gasteiger partial charge in [-0.1, -0.05) is 41.9 Å². The van der Waals surface area contributed by atoms with Crippen molar-refractivity contribution in [2.45, 2.75) is 6.61 Å². The minimum Gasteiger partial charge on any atom is -0.480 e. The average Bonchev–Trinajstić information content (AvgIpc) is 2.38. The van der Waals surface area contributed by atoms with Crippen LogP contribution in [0.3, 0.4) is 0 Å². The minimum atomic E-state index is -0.619. The first-order valence-electron chi connectivity index (χ1n) is 5.14. The van der Waals surface area contributed by atoms with Gasteiger partial charge < -0.3 is 14.9 Å². The van der Waals surface area contributed by atoms with Gasteiger partial charge in [-0.15, -0.1) is 0 Å². The summed E-state index contributed by atoms with van der Waals surface area (Å²) in [5, 5.41) is 11.0. The van der Waals surface area contributed by atoms with E-state index in [1.165, 1.54) is 12.3 Å². The van der Waals surface area contributed by atoms with Crippen molar-refractivity contribution < 1.29 is 9.66 Å². The number of halogens is 1. The Bertz CT molecular complexity index is 561. The number of rotatable bonds is 4. The molecule has 0 saturated heterocycles. The minimum absolute atomic E-state index is 0.00646. The lowest BCUT2D eigenvalue weighted by Crippen LogP contribution is -2.01. The maximum atomic E-state index is 10.8. The van der Waals surface area contributed by atoms with E-state index in [-0.39, 0.29) is 23.2 Å². The zero-order valence-corrected chi connectivity index (χ0v) is 10.0. The van der Waals surface area contributed by atoms with Gasteiger partial charge in [0.1, 0.15) is 12.8 Å². The third-order valence-electron chi connectivity index (χ3n) is 2.24. The first kappa shape index (κ1) is 12.3. The second-order valence-electron chi connectivity index (χ2n) is 3.48. The van der Waals surface area contributed by atoms with E-state index in [0.717, 1.165) is 5.56 Å². The second kappa shape index (κ2) is 5.46. The molecule has 1 aromatic heterocycles. The molecule has 0 spiro atoms. The molecule has 0 amide bonds. The van der Waals surface area contributed by atoms with E-state index in [1.54, 1.807) is 0 Å². The van der Waals surface area contributed by atoms with Crippen LogP contribution in [-0.2, 0) is 6.61 Å². The standard InChI is InChI=1S/C12H9ClN2O3/c13-10-6-7-14-12(15(16)17)11(10)18-8-9-4-2-1-3-5-9/h1-7H,8H2. The van der Waals surface area contributed by atoms with Crippen LogP contribution in [0.1, 0.15) is 5.56 Å². The zero-order chi connectivity index (χ0) is 13.0. The summed E-state index contributed by atoms with van der Waals surface area (Å²) >= 11 is 5.87. The quantitative estimate of drug-likeness (QED) is 0.628. The molecular formula is C12H9ClN2O3. The number of hydrogen-bond donors (Lipinski definition) is 0. The molecule has 5 nitrogen and oxygen atoms in total. The molecule has 0 unspecified atom stereocenters. The summed E-state index contributed by atoms with van der Waals surface area (Å²) < 4.78 is 5.38. The smallest absolute Gasteiger partial charge is 0.407 e. The summed E-state index contributed by atoms with van der Waals surface area (Å²) in [4.78, 5) is 13.8. The van der Waals surface area contributed by atoms with E-state index >= 15 is 0 Å². The van der Waals surface area contributed by atoms with Gasteiger partial charge in [-0.2, -0.15) is 0 Å². The number of nitrogens with zero attached hydrogens (tertiary/aromatic N) is 2. The normalized spacial score (nSPS) is 10.1. The highest BCUT2D eigenvalue weighted by molar-refractivity contribution is 6.32. The summed E-state index contributed by atoms with van der Waals surface area (Å²) in [6.45, 7) is 0.201. The molecule has 0 N–H and O–H groups in total. The van der Waals surface area contributed by atoms with E-state index in [0.29, 0.717) is 0 Å². The van der Waals surface area contributed by atoms with Crippen molar-refractivity contribution in [3.8, 4) is 5.75 Å². The molecule has 0 aliphatic carbocycles. The first-order chi connectivity index (χ1) is 8.68.